The highest BCUT2D eigenvalue weighted by molar-refractivity contribution is 6.91. The molecule has 0 aliphatic carbocycles. The number of methoxy groups -OCH3 is 1. The van der Waals surface area contributed by atoms with Crippen molar-refractivity contribution >= 4 is 42.4 Å². The number of nitrogens with zero attached hydrogens (tertiary/aromatic N) is 2. The van der Waals surface area contributed by atoms with E-state index in [0.717, 1.165) is 28.1 Å². The molecule has 1 fully saturated rings. The Balaban J connectivity index is 1.41. The van der Waals surface area contributed by atoms with Crippen molar-refractivity contribution in [3.05, 3.63) is 88.4 Å². The minimum absolute atomic E-state index is 0.0718. The van der Waals surface area contributed by atoms with Crippen LogP contribution in [0.2, 0.25) is 23.7 Å². The average Bonchev–Trinajstić information content (AvgIpc) is 3.42. The molecule has 2 amide bonds. The van der Waals surface area contributed by atoms with Crippen LogP contribution in [0.5, 0.6) is 5.75 Å². The molecule has 0 bridgehead atoms. The third-order valence-corrected chi connectivity index (χ3v) is 14.8. The van der Waals surface area contributed by atoms with Crippen LogP contribution in [-0.2, 0) is 32.9 Å². The van der Waals surface area contributed by atoms with E-state index >= 15 is 0 Å². The zero-order valence-electron chi connectivity index (χ0n) is 25.3. The fourth-order valence-electron chi connectivity index (χ4n) is 7.92. The van der Waals surface area contributed by atoms with Gasteiger partial charge in [-0.1, -0.05) is 73.2 Å². The fraction of sp³-hybridized carbons (Fsp3) is 0.412. The molecule has 1 saturated heterocycles. The zero-order chi connectivity index (χ0) is 30.7. The molecule has 0 saturated carbocycles. The normalized spacial score (nSPS) is 26.5. The number of hydrogen-bond acceptors (Lipinski definition) is 5. The second kappa shape index (κ2) is 11.1. The first-order valence-corrected chi connectivity index (χ1v) is 18.4. The Labute approximate surface area is 259 Å². The number of anilines is 1. The summed E-state index contributed by atoms with van der Waals surface area (Å²) in [5.41, 5.74) is 2.49. The second-order valence-electron chi connectivity index (χ2n) is 12.7. The van der Waals surface area contributed by atoms with E-state index in [9.17, 15) is 14.7 Å². The molecule has 43 heavy (non-hydrogen) atoms. The number of amides is 2. The lowest BCUT2D eigenvalue weighted by Gasteiger charge is -2.39. The predicted octanol–water partition coefficient (Wildman–Crippen LogP) is 4.88. The summed E-state index contributed by atoms with van der Waals surface area (Å²) in [6.45, 7) is 7.02. The predicted molar refractivity (Wildman–Crippen MR) is 171 cm³/mol. The molecule has 3 aliphatic heterocycles. The summed E-state index contributed by atoms with van der Waals surface area (Å²) >= 11 is 6.50. The van der Waals surface area contributed by atoms with Gasteiger partial charge in [0.05, 0.1) is 46.0 Å². The van der Waals surface area contributed by atoms with Crippen molar-refractivity contribution in [2.75, 3.05) is 25.7 Å². The van der Waals surface area contributed by atoms with Crippen molar-refractivity contribution in [3.8, 4) is 5.75 Å². The van der Waals surface area contributed by atoms with Gasteiger partial charge in [-0.25, -0.2) is 0 Å². The zero-order valence-corrected chi connectivity index (χ0v) is 27.1. The van der Waals surface area contributed by atoms with E-state index in [1.165, 1.54) is 5.19 Å². The first kappa shape index (κ1) is 29.9. The number of likely N-dealkylation sites (N-methyl/N-ethyl adjacent to an activating group) is 1. The van der Waals surface area contributed by atoms with Crippen LogP contribution in [0.3, 0.4) is 0 Å². The number of fused-ring (bicyclic) bond motifs is 3. The summed E-state index contributed by atoms with van der Waals surface area (Å²) in [5, 5.41) is 12.0. The quantitative estimate of drug-likeness (QED) is 0.399. The molecule has 3 heterocycles. The first-order valence-electron chi connectivity index (χ1n) is 14.9. The van der Waals surface area contributed by atoms with Gasteiger partial charge in [-0.15, -0.1) is 0 Å². The molecule has 9 heteroatoms. The monoisotopic (exact) mass is 618 g/mol. The molecular weight excluding hydrogens is 580 g/mol. The highest BCUT2D eigenvalue weighted by Gasteiger charge is 2.66. The van der Waals surface area contributed by atoms with Crippen molar-refractivity contribution in [1.29, 1.82) is 0 Å². The SMILES string of the molecule is COc1ccc([Si](C)(C)[C@H]2[C@H](CC(=O)N3Cc4ccccc4C[C@H]3CO)O[C@@]3(C(=O)N(C)c4ccc(Cl)cc43)[C@@H]2C)cc1. The Bertz CT molecular complexity index is 1560. The lowest BCUT2D eigenvalue weighted by molar-refractivity contribution is -0.150. The van der Waals surface area contributed by atoms with Gasteiger partial charge in [0.2, 0.25) is 5.91 Å². The maximum absolute atomic E-state index is 14.2. The summed E-state index contributed by atoms with van der Waals surface area (Å²) in [6.07, 6.45) is 0.217. The number of benzene rings is 3. The van der Waals surface area contributed by atoms with E-state index in [1.54, 1.807) is 30.0 Å². The minimum Gasteiger partial charge on any atom is -0.497 e. The van der Waals surface area contributed by atoms with Crippen LogP contribution >= 0.6 is 11.6 Å². The number of hydrogen-bond donors (Lipinski definition) is 1. The van der Waals surface area contributed by atoms with Crippen LogP contribution < -0.4 is 14.8 Å². The molecule has 1 N–H and O–H groups in total. The van der Waals surface area contributed by atoms with Gasteiger partial charge in [-0.05, 0) is 53.4 Å². The number of carbonyl (C=O) groups excluding carboxylic acids is 2. The Morgan fingerprint density at radius 1 is 1.12 bits per heavy atom. The molecule has 6 rings (SSSR count). The van der Waals surface area contributed by atoms with Crippen LogP contribution in [0, 0.1) is 5.92 Å². The largest absolute Gasteiger partial charge is 0.497 e. The molecule has 226 valence electrons. The number of carbonyl (C=O) groups is 2. The Hall–Kier alpha value is -3.17. The van der Waals surface area contributed by atoms with Gasteiger partial charge in [0, 0.05) is 30.1 Å². The molecule has 0 radical (unpaired) electrons. The number of ether oxygens (including phenoxy) is 2. The van der Waals surface area contributed by atoms with E-state index in [1.807, 2.05) is 42.5 Å². The van der Waals surface area contributed by atoms with Crippen LogP contribution in [0.25, 0.3) is 0 Å². The first-order chi connectivity index (χ1) is 20.5. The van der Waals surface area contributed by atoms with Gasteiger partial charge in [0.25, 0.3) is 5.91 Å². The number of aliphatic hydroxyl groups is 1. The topological polar surface area (TPSA) is 79.3 Å². The van der Waals surface area contributed by atoms with Crippen molar-refractivity contribution in [1.82, 2.24) is 4.90 Å². The van der Waals surface area contributed by atoms with E-state index in [0.29, 0.717) is 18.0 Å². The maximum Gasteiger partial charge on any atom is 0.264 e. The summed E-state index contributed by atoms with van der Waals surface area (Å²) in [6, 6.07) is 21.5. The summed E-state index contributed by atoms with van der Waals surface area (Å²) in [5.74, 6) is 0.359. The molecule has 3 aromatic carbocycles. The standard InChI is InChI=1S/C34H39ClN2O5Si/c1-21-32(43(4,5)27-13-11-26(41-3)12-14-27)30(42-34(21)28-17-24(35)10-15-29(28)36(2)33(34)40)18-31(39)37-19-23-9-7-6-8-22(23)16-25(37)20-38/h6-15,17,21,25,30,32,38H,16,18-20H2,1-5H3/t21-,25+,30+,32-,34+/m1/s1. The number of halogens is 1. The van der Waals surface area contributed by atoms with Crippen molar-refractivity contribution in [2.24, 2.45) is 5.92 Å². The molecule has 0 aromatic heterocycles. The minimum atomic E-state index is -2.39. The summed E-state index contributed by atoms with van der Waals surface area (Å²) in [4.78, 5) is 31.9. The third kappa shape index (κ3) is 4.70. The van der Waals surface area contributed by atoms with Gasteiger partial charge in [-0.2, -0.15) is 0 Å². The van der Waals surface area contributed by atoms with Crippen molar-refractivity contribution in [3.63, 3.8) is 0 Å². The van der Waals surface area contributed by atoms with Crippen molar-refractivity contribution < 1.29 is 24.2 Å². The van der Waals surface area contributed by atoms with E-state index in [2.05, 4.69) is 38.2 Å². The molecular formula is C34H39ClN2O5Si. The smallest absolute Gasteiger partial charge is 0.264 e. The fourth-order valence-corrected chi connectivity index (χ4v) is 12.1. The Morgan fingerprint density at radius 2 is 1.81 bits per heavy atom. The van der Waals surface area contributed by atoms with Crippen LogP contribution in [0.15, 0.2) is 66.7 Å². The van der Waals surface area contributed by atoms with Gasteiger partial charge >= 0.3 is 0 Å². The van der Waals surface area contributed by atoms with E-state index < -0.39 is 19.8 Å². The lowest BCUT2D eigenvalue weighted by atomic mass is 9.82. The number of aliphatic hydroxyl groups excluding tert-OH is 1. The highest BCUT2D eigenvalue weighted by Crippen LogP contribution is 2.60. The van der Waals surface area contributed by atoms with Crippen LogP contribution in [-0.4, -0.2) is 62.8 Å². The maximum atomic E-state index is 14.2. The van der Waals surface area contributed by atoms with Gasteiger partial charge in [0.1, 0.15) is 5.75 Å². The lowest BCUT2D eigenvalue weighted by Crippen LogP contribution is -2.52. The number of rotatable bonds is 6. The average molecular weight is 619 g/mol. The molecule has 1 spiro atoms. The second-order valence-corrected chi connectivity index (χ2v) is 17.8. The highest BCUT2D eigenvalue weighted by atomic mass is 35.5. The summed E-state index contributed by atoms with van der Waals surface area (Å²) in [7, 11) is 1.03. The molecule has 7 nitrogen and oxygen atoms in total. The molecule has 5 atom stereocenters. The van der Waals surface area contributed by atoms with Crippen LogP contribution in [0.1, 0.15) is 30.0 Å². The van der Waals surface area contributed by atoms with Crippen LogP contribution in [0.4, 0.5) is 5.69 Å². The molecule has 3 aromatic rings. The van der Waals surface area contributed by atoms with Crippen molar-refractivity contribution in [2.45, 2.75) is 62.7 Å². The Kier molecular flexibility index (Phi) is 7.70. The summed E-state index contributed by atoms with van der Waals surface area (Å²) < 4.78 is 12.4. The molecule has 3 aliphatic rings. The molecule has 0 unspecified atom stereocenters. The van der Waals surface area contributed by atoms with E-state index in [-0.39, 0.29) is 42.3 Å². The van der Waals surface area contributed by atoms with Gasteiger partial charge < -0.3 is 24.4 Å². The Morgan fingerprint density at radius 3 is 2.49 bits per heavy atom. The van der Waals surface area contributed by atoms with Gasteiger partial charge in [0.15, 0.2) is 5.60 Å². The van der Waals surface area contributed by atoms with Gasteiger partial charge in [-0.3, -0.25) is 9.59 Å². The van der Waals surface area contributed by atoms with E-state index in [4.69, 9.17) is 21.1 Å². The third-order valence-electron chi connectivity index (χ3n) is 10.2.